The van der Waals surface area contributed by atoms with Gasteiger partial charge in [0.05, 0.1) is 26.3 Å². The van der Waals surface area contributed by atoms with Crippen molar-refractivity contribution in [3.05, 3.63) is 0 Å². The van der Waals surface area contributed by atoms with E-state index in [-0.39, 0.29) is 0 Å². The summed E-state index contributed by atoms with van der Waals surface area (Å²) in [5.41, 5.74) is 0. The van der Waals surface area contributed by atoms with Crippen molar-refractivity contribution in [1.29, 1.82) is 0 Å². The Hall–Kier alpha value is -0.880. The second-order valence-corrected chi connectivity index (χ2v) is 3.61. The van der Waals surface area contributed by atoms with E-state index in [1.165, 1.54) is 0 Å². The summed E-state index contributed by atoms with van der Waals surface area (Å²) in [6, 6.07) is 0. The Morgan fingerprint density at radius 3 is 1.85 bits per heavy atom. The first-order chi connectivity index (χ1) is 6.40. The fourth-order valence-corrected chi connectivity index (χ4v) is 1.36. The van der Waals surface area contributed by atoms with Crippen LogP contribution in [0, 0.1) is 0 Å². The lowest BCUT2D eigenvalue weighted by atomic mass is 10.4. The van der Waals surface area contributed by atoms with Gasteiger partial charge in [-0.1, -0.05) is 10.4 Å². The van der Waals surface area contributed by atoms with Crippen LogP contribution in [0.4, 0.5) is 0 Å². The van der Waals surface area contributed by atoms with Crippen molar-refractivity contribution < 1.29 is 9.47 Å². The van der Waals surface area contributed by atoms with Gasteiger partial charge in [-0.2, -0.15) is 0 Å². The maximum atomic E-state index is 5.11. The lowest BCUT2D eigenvalue weighted by Crippen LogP contribution is -2.30. The largest absolute Gasteiger partial charge is 0.371 e. The lowest BCUT2D eigenvalue weighted by molar-refractivity contribution is 0.186. The minimum atomic E-state index is 0.385. The molecule has 0 aromatic heterocycles. The van der Waals surface area contributed by atoms with Gasteiger partial charge < -0.3 is 9.47 Å². The molecule has 3 heterocycles. The van der Waals surface area contributed by atoms with Crippen LogP contribution in [0.25, 0.3) is 0 Å². The Balaban J connectivity index is 1.44. The van der Waals surface area contributed by atoms with E-state index < -0.39 is 0 Å². The fourth-order valence-electron chi connectivity index (χ4n) is 1.36. The topological polar surface area (TPSA) is 56.3 Å². The second-order valence-electron chi connectivity index (χ2n) is 3.61. The van der Waals surface area contributed by atoms with Gasteiger partial charge in [-0.3, -0.25) is 10.0 Å². The molecular weight excluding hydrogens is 172 g/mol. The molecule has 2 saturated heterocycles. The number of nitrogens with zero attached hydrogens (tertiary/aromatic N) is 4. The maximum Gasteiger partial charge on any atom is 0.127 e. The monoisotopic (exact) mass is 184 g/mol. The molecule has 13 heavy (non-hydrogen) atoms. The lowest BCUT2D eigenvalue weighted by Gasteiger charge is -2.13. The minimum Gasteiger partial charge on any atom is -0.371 e. The van der Waals surface area contributed by atoms with E-state index in [1.807, 2.05) is 10.0 Å². The molecule has 0 amide bonds. The first-order valence-electron chi connectivity index (χ1n) is 4.55. The summed E-state index contributed by atoms with van der Waals surface area (Å²) in [4.78, 5) is 0. The van der Waals surface area contributed by atoms with Crippen LogP contribution >= 0.6 is 0 Å². The van der Waals surface area contributed by atoms with Gasteiger partial charge in [0.1, 0.15) is 18.9 Å². The molecular formula is C7H12N4O2. The van der Waals surface area contributed by atoms with Crippen molar-refractivity contribution in [1.82, 2.24) is 10.0 Å². The highest BCUT2D eigenvalue weighted by atomic mass is 16.6. The van der Waals surface area contributed by atoms with Crippen LogP contribution in [-0.2, 0) is 9.47 Å². The third-order valence-electron chi connectivity index (χ3n) is 2.25. The summed E-state index contributed by atoms with van der Waals surface area (Å²) in [6.45, 7) is 4.26. The van der Waals surface area contributed by atoms with Crippen molar-refractivity contribution in [2.45, 2.75) is 12.2 Å². The summed E-state index contributed by atoms with van der Waals surface area (Å²) in [5.74, 6) is 0. The third kappa shape index (κ3) is 1.89. The van der Waals surface area contributed by atoms with Crippen molar-refractivity contribution in [3.8, 4) is 0 Å². The van der Waals surface area contributed by atoms with Gasteiger partial charge in [-0.15, -0.1) is 0 Å². The molecule has 0 spiro atoms. The molecule has 0 aliphatic carbocycles. The Bertz CT molecular complexity index is 205. The Kier molecular flexibility index (Phi) is 1.63. The molecule has 6 heteroatoms. The highest BCUT2D eigenvalue weighted by Gasteiger charge is 2.31. The molecule has 2 unspecified atom stereocenters. The number of hydrogen-bond donors (Lipinski definition) is 0. The van der Waals surface area contributed by atoms with E-state index in [1.54, 1.807) is 0 Å². The maximum absolute atomic E-state index is 5.11. The molecule has 0 aromatic carbocycles. The molecule has 2 atom stereocenters. The Morgan fingerprint density at radius 1 is 1.00 bits per heavy atom. The Labute approximate surface area is 76.0 Å². The van der Waals surface area contributed by atoms with Crippen LogP contribution in [0.1, 0.15) is 0 Å². The molecule has 0 aromatic rings. The number of hydrogen-bond acceptors (Lipinski definition) is 6. The van der Waals surface area contributed by atoms with E-state index in [0.29, 0.717) is 12.2 Å². The minimum absolute atomic E-state index is 0.385. The van der Waals surface area contributed by atoms with Crippen molar-refractivity contribution in [3.63, 3.8) is 0 Å². The van der Waals surface area contributed by atoms with E-state index >= 15 is 0 Å². The van der Waals surface area contributed by atoms with E-state index in [9.17, 15) is 0 Å². The van der Waals surface area contributed by atoms with Gasteiger partial charge in [-0.25, -0.2) is 0 Å². The van der Waals surface area contributed by atoms with Crippen LogP contribution < -0.4 is 0 Å². The van der Waals surface area contributed by atoms with Gasteiger partial charge in [0, 0.05) is 0 Å². The van der Waals surface area contributed by atoms with Crippen molar-refractivity contribution in [2.24, 2.45) is 10.4 Å². The van der Waals surface area contributed by atoms with Gasteiger partial charge in [0.2, 0.25) is 0 Å². The van der Waals surface area contributed by atoms with E-state index in [4.69, 9.17) is 9.47 Å². The molecule has 0 bridgehead atoms. The second kappa shape index (κ2) is 2.81. The van der Waals surface area contributed by atoms with Crippen molar-refractivity contribution in [2.75, 3.05) is 33.0 Å². The van der Waals surface area contributed by atoms with Gasteiger partial charge in [0.25, 0.3) is 0 Å². The zero-order valence-electron chi connectivity index (χ0n) is 7.30. The summed E-state index contributed by atoms with van der Waals surface area (Å²) < 4.78 is 10.2. The normalized spacial score (nSPS) is 35.7. The van der Waals surface area contributed by atoms with Crippen LogP contribution in [0.5, 0.6) is 0 Å². The van der Waals surface area contributed by atoms with Crippen molar-refractivity contribution >= 4 is 0 Å². The number of rotatable bonds is 4. The third-order valence-corrected chi connectivity index (χ3v) is 2.25. The summed E-state index contributed by atoms with van der Waals surface area (Å²) in [6.07, 6.45) is 0.771. The molecule has 3 aliphatic heterocycles. The van der Waals surface area contributed by atoms with Crippen LogP contribution in [0.15, 0.2) is 10.4 Å². The first-order valence-corrected chi connectivity index (χ1v) is 4.55. The van der Waals surface area contributed by atoms with Gasteiger partial charge in [-0.05, 0) is 0 Å². The van der Waals surface area contributed by atoms with Crippen LogP contribution in [0.2, 0.25) is 0 Å². The smallest absolute Gasteiger partial charge is 0.127 e. The standard InChI is InChI=1S/C7H12N4O2/c1(6-3-12-6)10-5-11(9-8-10)2-7-4-13-7/h6-7H,1-5H2. The molecule has 0 saturated carbocycles. The predicted octanol–water partition coefficient (Wildman–Crippen LogP) is -0.359. The predicted molar refractivity (Wildman–Crippen MR) is 42.6 cm³/mol. The molecule has 3 rings (SSSR count). The van der Waals surface area contributed by atoms with Crippen LogP contribution in [-0.4, -0.2) is 55.2 Å². The van der Waals surface area contributed by atoms with Gasteiger partial charge >= 0.3 is 0 Å². The Morgan fingerprint density at radius 2 is 1.46 bits per heavy atom. The molecule has 72 valence electrons. The molecule has 0 radical (unpaired) electrons. The SMILES string of the molecule is C1OC1CN1CN(CC2CO2)N=N1. The molecule has 0 N–H and O–H groups in total. The summed E-state index contributed by atoms with van der Waals surface area (Å²) in [5, 5.41) is 11.9. The quantitative estimate of drug-likeness (QED) is 0.560. The highest BCUT2D eigenvalue weighted by molar-refractivity contribution is 4.76. The summed E-state index contributed by atoms with van der Waals surface area (Å²) >= 11 is 0. The number of epoxide rings is 2. The average molecular weight is 184 g/mol. The zero-order chi connectivity index (χ0) is 8.67. The first kappa shape index (κ1) is 7.52. The zero-order valence-corrected chi connectivity index (χ0v) is 7.30. The fraction of sp³-hybridized carbons (Fsp3) is 1.00. The van der Waals surface area contributed by atoms with E-state index in [2.05, 4.69) is 10.4 Å². The molecule has 2 fully saturated rings. The molecule has 6 nitrogen and oxygen atoms in total. The van der Waals surface area contributed by atoms with E-state index in [0.717, 1.165) is 33.0 Å². The van der Waals surface area contributed by atoms with Gasteiger partial charge in [0.15, 0.2) is 0 Å². The number of ether oxygens (including phenoxy) is 2. The average Bonchev–Trinajstić information content (AvgIpc) is 2.96. The summed E-state index contributed by atoms with van der Waals surface area (Å²) in [7, 11) is 0. The highest BCUT2D eigenvalue weighted by Crippen LogP contribution is 2.18. The van der Waals surface area contributed by atoms with Crippen LogP contribution in [0.3, 0.4) is 0 Å². The molecule has 3 aliphatic rings.